The van der Waals surface area contributed by atoms with Crippen LogP contribution in [0.3, 0.4) is 0 Å². The van der Waals surface area contributed by atoms with E-state index >= 15 is 0 Å². The number of rotatable bonds is 3. The predicted molar refractivity (Wildman–Crippen MR) is 98.1 cm³/mol. The number of nitrogens with zero attached hydrogens (tertiary/aromatic N) is 2. The summed E-state index contributed by atoms with van der Waals surface area (Å²) in [7, 11) is 1.58. The molecule has 1 aliphatic heterocycles. The van der Waals surface area contributed by atoms with Gasteiger partial charge in [-0.1, -0.05) is 12.1 Å². The minimum absolute atomic E-state index is 0.0330. The van der Waals surface area contributed by atoms with Gasteiger partial charge in [0.15, 0.2) is 5.43 Å². The summed E-state index contributed by atoms with van der Waals surface area (Å²) in [4.78, 5) is 27.5. The molecule has 1 saturated heterocycles. The predicted octanol–water partition coefficient (Wildman–Crippen LogP) is 2.79. The first-order valence-electron chi connectivity index (χ1n) is 8.56. The fraction of sp³-hybridized carbons (Fsp3) is 0.300. The molecule has 2 aromatic carbocycles. The van der Waals surface area contributed by atoms with Crippen LogP contribution in [0.25, 0.3) is 21.8 Å². The van der Waals surface area contributed by atoms with Gasteiger partial charge in [0.2, 0.25) is 5.91 Å². The van der Waals surface area contributed by atoms with Gasteiger partial charge in [-0.15, -0.1) is 0 Å². The van der Waals surface area contributed by atoms with Crippen LogP contribution in [0.5, 0.6) is 5.75 Å². The van der Waals surface area contributed by atoms with E-state index in [1.165, 1.54) is 0 Å². The van der Waals surface area contributed by atoms with Crippen molar-refractivity contribution in [1.82, 2.24) is 9.47 Å². The van der Waals surface area contributed by atoms with Gasteiger partial charge in [0, 0.05) is 23.9 Å². The summed E-state index contributed by atoms with van der Waals surface area (Å²) in [6.07, 6.45) is 2.13. The van der Waals surface area contributed by atoms with Gasteiger partial charge in [0.05, 0.1) is 18.1 Å². The Hall–Kier alpha value is -2.82. The average Bonchev–Trinajstić information content (AvgIpc) is 3.19. The zero-order valence-electron chi connectivity index (χ0n) is 14.2. The Morgan fingerprint density at radius 2 is 1.76 bits per heavy atom. The molecule has 2 heterocycles. The van der Waals surface area contributed by atoms with Gasteiger partial charge in [-0.3, -0.25) is 9.59 Å². The zero-order chi connectivity index (χ0) is 17.4. The van der Waals surface area contributed by atoms with Gasteiger partial charge in [0.1, 0.15) is 12.3 Å². The Labute approximate surface area is 145 Å². The van der Waals surface area contributed by atoms with E-state index < -0.39 is 0 Å². The molecular formula is C20H20N2O3. The van der Waals surface area contributed by atoms with E-state index in [0.29, 0.717) is 16.5 Å². The maximum Gasteiger partial charge on any atom is 0.242 e. The lowest BCUT2D eigenvalue weighted by molar-refractivity contribution is -0.130. The molecule has 0 saturated carbocycles. The highest BCUT2D eigenvalue weighted by molar-refractivity contribution is 5.95. The van der Waals surface area contributed by atoms with Crippen molar-refractivity contribution in [3.05, 3.63) is 52.7 Å². The molecule has 0 unspecified atom stereocenters. The molecule has 3 aromatic rings. The number of hydrogen-bond acceptors (Lipinski definition) is 3. The second kappa shape index (κ2) is 6.24. The summed E-state index contributed by atoms with van der Waals surface area (Å²) in [5.74, 6) is 0.737. The summed E-state index contributed by atoms with van der Waals surface area (Å²) >= 11 is 0. The highest BCUT2D eigenvalue weighted by Gasteiger charge is 2.20. The van der Waals surface area contributed by atoms with Crippen LogP contribution in [0, 0.1) is 0 Å². The number of pyridine rings is 1. The van der Waals surface area contributed by atoms with Crippen molar-refractivity contribution >= 4 is 27.7 Å². The molecule has 0 spiro atoms. The monoisotopic (exact) mass is 336 g/mol. The number of carbonyl (C=O) groups is 1. The number of ether oxygens (including phenoxy) is 1. The molecule has 4 rings (SSSR count). The van der Waals surface area contributed by atoms with Crippen LogP contribution in [-0.2, 0) is 11.3 Å². The molecule has 1 aromatic heterocycles. The van der Waals surface area contributed by atoms with E-state index in [-0.39, 0.29) is 17.9 Å². The molecule has 25 heavy (non-hydrogen) atoms. The number of likely N-dealkylation sites (tertiary alicyclic amines) is 1. The standard InChI is InChI=1S/C20H20N2O3/c1-25-14-8-9-18-16(12-14)20(24)15-6-2-3-7-17(15)22(18)13-19(23)21-10-4-5-11-21/h2-3,6-9,12H,4-5,10-11,13H2,1H3. The van der Waals surface area contributed by atoms with Gasteiger partial charge in [-0.25, -0.2) is 0 Å². The van der Waals surface area contributed by atoms with Gasteiger partial charge in [-0.05, 0) is 43.2 Å². The molecule has 0 atom stereocenters. The lowest BCUT2D eigenvalue weighted by Gasteiger charge is -2.19. The minimum atomic E-state index is -0.0330. The van der Waals surface area contributed by atoms with Crippen LogP contribution in [0.4, 0.5) is 0 Å². The second-order valence-corrected chi connectivity index (χ2v) is 6.40. The first-order valence-corrected chi connectivity index (χ1v) is 8.56. The van der Waals surface area contributed by atoms with Gasteiger partial charge in [0.25, 0.3) is 0 Å². The summed E-state index contributed by atoms with van der Waals surface area (Å²) in [5.41, 5.74) is 1.52. The molecule has 128 valence electrons. The zero-order valence-corrected chi connectivity index (χ0v) is 14.2. The number of carbonyl (C=O) groups excluding carboxylic acids is 1. The van der Waals surface area contributed by atoms with Crippen LogP contribution in [0.1, 0.15) is 12.8 Å². The van der Waals surface area contributed by atoms with E-state index in [2.05, 4.69) is 0 Å². The van der Waals surface area contributed by atoms with Crippen LogP contribution in [0.15, 0.2) is 47.3 Å². The number of aromatic nitrogens is 1. The number of fused-ring (bicyclic) bond motifs is 2. The van der Waals surface area contributed by atoms with Crippen molar-refractivity contribution in [3.8, 4) is 5.75 Å². The van der Waals surface area contributed by atoms with Crippen LogP contribution in [0.2, 0.25) is 0 Å². The van der Waals surface area contributed by atoms with Gasteiger partial charge < -0.3 is 14.2 Å². The molecule has 5 heteroatoms. The molecule has 0 radical (unpaired) electrons. The SMILES string of the molecule is COc1ccc2c(c1)c(=O)c1ccccc1n2CC(=O)N1CCCC1. The Morgan fingerprint density at radius 1 is 1.04 bits per heavy atom. The van der Waals surface area contributed by atoms with Crippen molar-refractivity contribution in [2.45, 2.75) is 19.4 Å². The third-order valence-electron chi connectivity index (χ3n) is 4.93. The van der Waals surface area contributed by atoms with E-state index in [9.17, 15) is 9.59 Å². The highest BCUT2D eigenvalue weighted by Crippen LogP contribution is 2.23. The van der Waals surface area contributed by atoms with Crippen molar-refractivity contribution in [3.63, 3.8) is 0 Å². The third kappa shape index (κ3) is 2.65. The van der Waals surface area contributed by atoms with Crippen LogP contribution in [-0.4, -0.2) is 35.6 Å². The average molecular weight is 336 g/mol. The molecule has 1 amide bonds. The maximum absolute atomic E-state index is 12.9. The van der Waals surface area contributed by atoms with E-state index in [1.807, 2.05) is 45.9 Å². The number of methoxy groups -OCH3 is 1. The summed E-state index contributed by atoms with van der Waals surface area (Å²) in [5, 5.41) is 1.20. The van der Waals surface area contributed by atoms with Crippen molar-refractivity contribution in [1.29, 1.82) is 0 Å². The van der Waals surface area contributed by atoms with Crippen LogP contribution >= 0.6 is 0 Å². The lowest BCUT2D eigenvalue weighted by atomic mass is 10.1. The second-order valence-electron chi connectivity index (χ2n) is 6.40. The Kier molecular flexibility index (Phi) is 3.92. The number of amides is 1. The quantitative estimate of drug-likeness (QED) is 0.691. The summed E-state index contributed by atoms with van der Waals surface area (Å²) < 4.78 is 7.22. The first-order chi connectivity index (χ1) is 12.2. The molecule has 0 bridgehead atoms. The Balaban J connectivity index is 1.94. The van der Waals surface area contributed by atoms with E-state index in [0.717, 1.165) is 37.0 Å². The fourth-order valence-electron chi connectivity index (χ4n) is 3.61. The number of hydrogen-bond donors (Lipinski definition) is 0. The van der Waals surface area contributed by atoms with Crippen molar-refractivity contribution in [2.24, 2.45) is 0 Å². The first kappa shape index (κ1) is 15.7. The summed E-state index contributed by atoms with van der Waals surface area (Å²) in [6.45, 7) is 1.88. The van der Waals surface area contributed by atoms with Crippen LogP contribution < -0.4 is 10.2 Å². The van der Waals surface area contributed by atoms with Crippen molar-refractivity contribution in [2.75, 3.05) is 20.2 Å². The molecule has 5 nitrogen and oxygen atoms in total. The Morgan fingerprint density at radius 3 is 2.52 bits per heavy atom. The fourth-order valence-corrected chi connectivity index (χ4v) is 3.61. The molecule has 0 N–H and O–H groups in total. The Bertz CT molecular complexity index is 1020. The molecule has 1 aliphatic rings. The van der Waals surface area contributed by atoms with E-state index in [1.54, 1.807) is 13.2 Å². The minimum Gasteiger partial charge on any atom is -0.497 e. The number of para-hydroxylation sites is 1. The molecular weight excluding hydrogens is 316 g/mol. The highest BCUT2D eigenvalue weighted by atomic mass is 16.5. The number of benzene rings is 2. The molecule has 0 aliphatic carbocycles. The van der Waals surface area contributed by atoms with Crippen molar-refractivity contribution < 1.29 is 9.53 Å². The topological polar surface area (TPSA) is 51.5 Å². The summed E-state index contributed by atoms with van der Waals surface area (Å²) in [6, 6.07) is 12.9. The third-order valence-corrected chi connectivity index (χ3v) is 4.93. The lowest BCUT2D eigenvalue weighted by Crippen LogP contribution is -2.31. The normalized spacial score (nSPS) is 14.4. The maximum atomic E-state index is 12.9. The smallest absolute Gasteiger partial charge is 0.242 e. The van der Waals surface area contributed by atoms with Gasteiger partial charge >= 0.3 is 0 Å². The molecule has 1 fully saturated rings. The van der Waals surface area contributed by atoms with Gasteiger partial charge in [-0.2, -0.15) is 0 Å². The largest absolute Gasteiger partial charge is 0.497 e. The van der Waals surface area contributed by atoms with E-state index in [4.69, 9.17) is 4.74 Å².